The average molecular weight is 443 g/mol. The molecule has 0 bridgehead atoms. The van der Waals surface area contributed by atoms with Gasteiger partial charge in [0.05, 0.1) is 10.5 Å². The lowest BCUT2D eigenvalue weighted by molar-refractivity contribution is 0.0732. The summed E-state index contributed by atoms with van der Waals surface area (Å²) in [5.41, 5.74) is 3.83. The van der Waals surface area contributed by atoms with Crippen LogP contribution in [-0.2, 0) is 10.1 Å². The molecule has 0 amide bonds. The molecule has 0 fully saturated rings. The van der Waals surface area contributed by atoms with E-state index in [1.807, 2.05) is 39.8 Å². The van der Waals surface area contributed by atoms with Gasteiger partial charge in [-0.3, -0.25) is 4.55 Å². The maximum absolute atomic E-state index is 12.8. The van der Waals surface area contributed by atoms with Crippen molar-refractivity contribution in [3.05, 3.63) is 64.7 Å². The molecule has 0 atom stereocenters. The van der Waals surface area contributed by atoms with Crippen molar-refractivity contribution < 1.29 is 22.5 Å². The second-order valence-corrected chi connectivity index (χ2v) is 10.0. The molecular formula is C25H30O5S. The fourth-order valence-corrected chi connectivity index (χ4v) is 4.75. The zero-order valence-corrected chi connectivity index (χ0v) is 19.3. The van der Waals surface area contributed by atoms with Gasteiger partial charge >= 0.3 is 5.97 Å². The molecule has 3 rings (SSSR count). The van der Waals surface area contributed by atoms with Gasteiger partial charge in [0.2, 0.25) is 0 Å². The number of carbonyl (C=O) groups excluding carboxylic acids is 1. The highest BCUT2D eigenvalue weighted by atomic mass is 32.2. The standard InChI is InChI=1S/C25H30O5S/c1-16(2)21-15-24(31(27,28)29)22(17(3)4)14-23(21)30-25(26)20-12-10-19(11-13-20)18-8-6-5-7-9-18/h8,10-17H,5-7,9H2,1-4H3,(H,27,28,29). The Kier molecular flexibility index (Phi) is 7.02. The number of hydrogen-bond acceptors (Lipinski definition) is 4. The number of allylic oxidation sites excluding steroid dienone is 2. The van der Waals surface area contributed by atoms with Crippen molar-refractivity contribution in [2.24, 2.45) is 0 Å². The Morgan fingerprint density at radius 1 is 0.968 bits per heavy atom. The molecule has 2 aromatic rings. The minimum Gasteiger partial charge on any atom is -0.423 e. The lowest BCUT2D eigenvalue weighted by atomic mass is 9.93. The van der Waals surface area contributed by atoms with Crippen molar-refractivity contribution in [1.82, 2.24) is 0 Å². The third-order valence-electron chi connectivity index (χ3n) is 5.65. The van der Waals surface area contributed by atoms with Crippen LogP contribution in [-0.4, -0.2) is 18.9 Å². The fourth-order valence-electron chi connectivity index (χ4n) is 3.89. The van der Waals surface area contributed by atoms with E-state index < -0.39 is 16.1 Å². The normalized spacial score (nSPS) is 14.6. The quantitative estimate of drug-likeness (QED) is 0.320. The van der Waals surface area contributed by atoms with Gasteiger partial charge in [-0.1, -0.05) is 45.9 Å². The van der Waals surface area contributed by atoms with Gasteiger partial charge in [-0.15, -0.1) is 0 Å². The fraction of sp³-hybridized carbons (Fsp3) is 0.400. The molecule has 166 valence electrons. The lowest BCUT2D eigenvalue weighted by Crippen LogP contribution is -2.13. The first-order valence-electron chi connectivity index (χ1n) is 10.7. The van der Waals surface area contributed by atoms with Crippen molar-refractivity contribution in [3.63, 3.8) is 0 Å². The van der Waals surface area contributed by atoms with E-state index in [4.69, 9.17) is 4.74 Å². The van der Waals surface area contributed by atoms with Gasteiger partial charge in [-0.05, 0) is 84.0 Å². The molecule has 0 heterocycles. The van der Waals surface area contributed by atoms with E-state index in [1.165, 1.54) is 24.5 Å². The predicted molar refractivity (Wildman–Crippen MR) is 122 cm³/mol. The number of rotatable bonds is 6. The van der Waals surface area contributed by atoms with Crippen LogP contribution in [0.3, 0.4) is 0 Å². The number of esters is 1. The third kappa shape index (κ3) is 5.43. The van der Waals surface area contributed by atoms with E-state index >= 15 is 0 Å². The molecular weight excluding hydrogens is 412 g/mol. The van der Waals surface area contributed by atoms with Crippen LogP contribution in [0.2, 0.25) is 0 Å². The molecule has 0 saturated heterocycles. The van der Waals surface area contributed by atoms with Crippen LogP contribution < -0.4 is 4.74 Å². The molecule has 0 saturated carbocycles. The Balaban J connectivity index is 1.93. The number of benzene rings is 2. The van der Waals surface area contributed by atoms with Crippen LogP contribution in [0.4, 0.5) is 0 Å². The first-order valence-corrected chi connectivity index (χ1v) is 12.2. The maximum Gasteiger partial charge on any atom is 0.343 e. The average Bonchev–Trinajstić information content (AvgIpc) is 2.73. The van der Waals surface area contributed by atoms with Crippen molar-refractivity contribution >= 4 is 21.7 Å². The van der Waals surface area contributed by atoms with Crippen LogP contribution in [0, 0.1) is 0 Å². The minimum absolute atomic E-state index is 0.106. The highest BCUT2D eigenvalue weighted by Crippen LogP contribution is 2.35. The van der Waals surface area contributed by atoms with Crippen molar-refractivity contribution in [3.8, 4) is 5.75 Å². The smallest absolute Gasteiger partial charge is 0.343 e. The molecule has 5 nitrogen and oxygen atoms in total. The van der Waals surface area contributed by atoms with Gasteiger partial charge in [-0.25, -0.2) is 4.79 Å². The Morgan fingerprint density at radius 2 is 1.61 bits per heavy atom. The molecule has 31 heavy (non-hydrogen) atoms. The molecule has 0 aliphatic heterocycles. The van der Waals surface area contributed by atoms with Gasteiger partial charge < -0.3 is 4.74 Å². The summed E-state index contributed by atoms with van der Waals surface area (Å²) in [6.45, 7) is 7.40. The second kappa shape index (κ2) is 9.37. The van der Waals surface area contributed by atoms with Crippen molar-refractivity contribution in [2.75, 3.05) is 0 Å². The number of hydrogen-bond donors (Lipinski definition) is 1. The molecule has 1 N–H and O–H groups in total. The molecule has 2 aromatic carbocycles. The van der Waals surface area contributed by atoms with Crippen molar-refractivity contribution in [2.45, 2.75) is 70.1 Å². The zero-order chi connectivity index (χ0) is 22.8. The number of carbonyl (C=O) groups is 1. The largest absolute Gasteiger partial charge is 0.423 e. The van der Waals surface area contributed by atoms with E-state index in [-0.39, 0.29) is 16.7 Å². The van der Waals surface area contributed by atoms with Gasteiger partial charge in [0.25, 0.3) is 10.1 Å². The van der Waals surface area contributed by atoms with Crippen LogP contribution in [0.25, 0.3) is 5.57 Å². The summed E-state index contributed by atoms with van der Waals surface area (Å²) in [7, 11) is -4.39. The summed E-state index contributed by atoms with van der Waals surface area (Å²) in [6, 6.07) is 10.4. The highest BCUT2D eigenvalue weighted by Gasteiger charge is 2.24. The molecule has 0 spiro atoms. The van der Waals surface area contributed by atoms with E-state index in [0.717, 1.165) is 18.4 Å². The minimum atomic E-state index is -4.39. The molecule has 0 aromatic heterocycles. The summed E-state index contributed by atoms with van der Waals surface area (Å²) in [4.78, 5) is 12.7. The Bertz CT molecular complexity index is 1090. The Morgan fingerprint density at radius 3 is 2.13 bits per heavy atom. The summed E-state index contributed by atoms with van der Waals surface area (Å²) < 4.78 is 39.2. The second-order valence-electron chi connectivity index (χ2n) is 8.65. The Hall–Kier alpha value is -2.44. The van der Waals surface area contributed by atoms with Gasteiger partial charge in [0, 0.05) is 0 Å². The first kappa shape index (κ1) is 23.2. The predicted octanol–water partition coefficient (Wildman–Crippen LogP) is 6.36. The molecule has 6 heteroatoms. The Labute approximate surface area is 184 Å². The van der Waals surface area contributed by atoms with Crippen molar-refractivity contribution in [1.29, 1.82) is 0 Å². The zero-order valence-electron chi connectivity index (χ0n) is 18.5. The van der Waals surface area contributed by atoms with Gasteiger partial charge in [-0.2, -0.15) is 8.42 Å². The van der Waals surface area contributed by atoms with Gasteiger partial charge in [0.1, 0.15) is 5.75 Å². The summed E-state index contributed by atoms with van der Waals surface area (Å²) >= 11 is 0. The molecule has 0 radical (unpaired) electrons. The molecule has 1 aliphatic carbocycles. The summed E-state index contributed by atoms with van der Waals surface area (Å²) in [5, 5.41) is 0. The lowest BCUT2D eigenvalue weighted by Gasteiger charge is -2.19. The maximum atomic E-state index is 12.8. The summed E-state index contributed by atoms with van der Waals surface area (Å²) in [6.07, 6.45) is 6.82. The van der Waals surface area contributed by atoms with E-state index in [0.29, 0.717) is 22.4 Å². The van der Waals surface area contributed by atoms with Crippen LogP contribution in [0.15, 0.2) is 47.4 Å². The van der Waals surface area contributed by atoms with Gasteiger partial charge in [0.15, 0.2) is 0 Å². The number of ether oxygens (including phenoxy) is 1. The topological polar surface area (TPSA) is 80.7 Å². The third-order valence-corrected chi connectivity index (χ3v) is 6.56. The molecule has 0 unspecified atom stereocenters. The monoisotopic (exact) mass is 442 g/mol. The molecule has 1 aliphatic rings. The van der Waals surface area contributed by atoms with E-state index in [2.05, 4.69) is 6.08 Å². The first-order chi connectivity index (χ1) is 14.6. The van der Waals surface area contributed by atoms with Crippen LogP contribution >= 0.6 is 0 Å². The van der Waals surface area contributed by atoms with E-state index in [9.17, 15) is 17.8 Å². The van der Waals surface area contributed by atoms with Crippen LogP contribution in [0.1, 0.15) is 92.3 Å². The summed E-state index contributed by atoms with van der Waals surface area (Å²) in [5.74, 6) is -0.473. The van der Waals surface area contributed by atoms with E-state index in [1.54, 1.807) is 18.2 Å². The van der Waals surface area contributed by atoms with Crippen LogP contribution in [0.5, 0.6) is 5.75 Å². The highest BCUT2D eigenvalue weighted by molar-refractivity contribution is 7.85. The SMILES string of the molecule is CC(C)c1cc(S(=O)(=O)O)c(C(C)C)cc1OC(=O)c1ccc(C2=CCCCC2)cc1.